The van der Waals surface area contributed by atoms with Gasteiger partial charge in [0.05, 0.1) is 12.0 Å². The highest BCUT2D eigenvalue weighted by Crippen LogP contribution is 2.58. The fourth-order valence-corrected chi connectivity index (χ4v) is 4.41. The first-order valence-corrected chi connectivity index (χ1v) is 6.23. The zero-order chi connectivity index (χ0) is 10.3. The van der Waals surface area contributed by atoms with Crippen molar-refractivity contribution in [2.75, 3.05) is 0 Å². The highest BCUT2D eigenvalue weighted by atomic mass is 32.2. The maximum atomic E-state index is 8.97. The second kappa shape index (κ2) is 3.31. The molecule has 2 heteroatoms. The highest BCUT2D eigenvalue weighted by molar-refractivity contribution is 8.04. The number of fused-ring (bicyclic) bond motifs is 1. The number of nitrogens with zero attached hydrogens (tertiary/aromatic N) is 1. The van der Waals surface area contributed by atoms with Crippen LogP contribution in [0.1, 0.15) is 33.6 Å². The zero-order valence-electron chi connectivity index (χ0n) is 9.08. The predicted molar refractivity (Wildman–Crippen MR) is 60.7 cm³/mol. The summed E-state index contributed by atoms with van der Waals surface area (Å²) in [5.41, 5.74) is 0.372. The fourth-order valence-electron chi connectivity index (χ4n) is 2.75. The van der Waals surface area contributed by atoms with E-state index in [0.717, 1.165) is 11.7 Å². The van der Waals surface area contributed by atoms with Crippen LogP contribution in [0.2, 0.25) is 0 Å². The number of rotatable bonds is 0. The summed E-state index contributed by atoms with van der Waals surface area (Å²) in [5.74, 6) is 0.815. The van der Waals surface area contributed by atoms with Crippen LogP contribution in [-0.4, -0.2) is 5.25 Å². The first-order chi connectivity index (χ1) is 6.56. The normalized spacial score (nSPS) is 46.7. The molecular formula is C12H17NS. The molecule has 0 aromatic heterocycles. The third-order valence-corrected chi connectivity index (χ3v) is 5.24. The Morgan fingerprint density at radius 1 is 1.57 bits per heavy atom. The molecule has 4 atom stereocenters. The van der Waals surface area contributed by atoms with Gasteiger partial charge in [0.1, 0.15) is 0 Å². The van der Waals surface area contributed by atoms with Gasteiger partial charge < -0.3 is 0 Å². The van der Waals surface area contributed by atoms with Crippen LogP contribution in [0.4, 0.5) is 0 Å². The van der Waals surface area contributed by atoms with E-state index >= 15 is 0 Å². The minimum atomic E-state index is 0.158. The van der Waals surface area contributed by atoms with Crippen molar-refractivity contribution in [2.45, 2.75) is 38.9 Å². The van der Waals surface area contributed by atoms with Gasteiger partial charge in [-0.05, 0) is 23.7 Å². The van der Waals surface area contributed by atoms with Gasteiger partial charge in [0.15, 0.2) is 0 Å². The lowest BCUT2D eigenvalue weighted by molar-refractivity contribution is 0.221. The van der Waals surface area contributed by atoms with Crippen LogP contribution in [-0.2, 0) is 0 Å². The van der Waals surface area contributed by atoms with E-state index in [4.69, 9.17) is 5.26 Å². The van der Waals surface area contributed by atoms with Gasteiger partial charge in [-0.3, -0.25) is 0 Å². The predicted octanol–water partition coefficient (Wildman–Crippen LogP) is 3.58. The summed E-state index contributed by atoms with van der Waals surface area (Å²) >= 11 is 1.98. The Balaban J connectivity index is 2.35. The maximum Gasteiger partial charge on any atom is 0.0698 e. The Bertz CT molecular complexity index is 315. The maximum absolute atomic E-state index is 8.97. The molecule has 0 spiro atoms. The molecule has 0 N–H and O–H groups in total. The molecule has 1 aliphatic heterocycles. The van der Waals surface area contributed by atoms with Gasteiger partial charge in [0.2, 0.25) is 0 Å². The molecule has 1 heterocycles. The van der Waals surface area contributed by atoms with Crippen molar-refractivity contribution in [1.29, 1.82) is 5.26 Å². The summed E-state index contributed by atoms with van der Waals surface area (Å²) < 4.78 is 0. The Kier molecular flexibility index (Phi) is 2.39. The van der Waals surface area contributed by atoms with Crippen LogP contribution in [0.25, 0.3) is 0 Å². The molecular weight excluding hydrogens is 190 g/mol. The lowest BCUT2D eigenvalue weighted by atomic mass is 9.67. The van der Waals surface area contributed by atoms with Gasteiger partial charge in [-0.15, -0.1) is 11.8 Å². The van der Waals surface area contributed by atoms with Gasteiger partial charge in [-0.1, -0.05) is 26.8 Å². The summed E-state index contributed by atoms with van der Waals surface area (Å²) in [4.78, 5) is 1.48. The number of thioether (sulfide) groups is 1. The number of hydrogen-bond acceptors (Lipinski definition) is 2. The monoisotopic (exact) mass is 207 g/mol. The van der Waals surface area contributed by atoms with Crippen LogP contribution >= 0.6 is 11.8 Å². The Morgan fingerprint density at radius 2 is 2.29 bits per heavy atom. The molecule has 1 nitrogen and oxygen atoms in total. The van der Waals surface area contributed by atoms with Crippen molar-refractivity contribution in [1.82, 2.24) is 0 Å². The Hall–Kier alpha value is -0.420. The van der Waals surface area contributed by atoms with Crippen LogP contribution in [0.3, 0.4) is 0 Å². The van der Waals surface area contributed by atoms with Crippen LogP contribution < -0.4 is 0 Å². The summed E-state index contributed by atoms with van der Waals surface area (Å²) in [6, 6.07) is 2.39. The molecule has 1 fully saturated rings. The van der Waals surface area contributed by atoms with E-state index in [1.54, 1.807) is 0 Å². The molecule has 0 radical (unpaired) electrons. The van der Waals surface area contributed by atoms with E-state index in [9.17, 15) is 0 Å². The van der Waals surface area contributed by atoms with Gasteiger partial charge in [-0.2, -0.15) is 5.26 Å². The molecule has 2 aliphatic rings. The molecule has 4 unspecified atom stereocenters. The average Bonchev–Trinajstić information content (AvgIpc) is 2.41. The summed E-state index contributed by atoms with van der Waals surface area (Å²) in [6.07, 6.45) is 4.54. The molecule has 0 saturated carbocycles. The molecule has 2 rings (SSSR count). The standard InChI is InChI=1S/C12H17NS/c1-8-4-10(7-13)5-11-12(8,3)6-9(2)14-11/h5,8-10H,4,6H2,1-3H3. The summed E-state index contributed by atoms with van der Waals surface area (Å²) in [7, 11) is 0. The molecule has 1 saturated heterocycles. The third kappa shape index (κ3) is 1.39. The Morgan fingerprint density at radius 3 is 2.93 bits per heavy atom. The second-order valence-corrected chi connectivity index (χ2v) is 6.43. The second-order valence-electron chi connectivity index (χ2n) is 4.95. The van der Waals surface area contributed by atoms with Crippen LogP contribution in [0.15, 0.2) is 11.0 Å². The van der Waals surface area contributed by atoms with Gasteiger partial charge >= 0.3 is 0 Å². The largest absolute Gasteiger partial charge is 0.198 e. The van der Waals surface area contributed by atoms with Crippen molar-refractivity contribution in [2.24, 2.45) is 17.3 Å². The third-order valence-electron chi connectivity index (χ3n) is 3.82. The summed E-state index contributed by atoms with van der Waals surface area (Å²) in [5, 5.41) is 9.70. The van der Waals surface area contributed by atoms with Crippen molar-refractivity contribution in [3.05, 3.63) is 11.0 Å². The Labute approximate surface area is 90.6 Å². The molecule has 14 heavy (non-hydrogen) atoms. The molecule has 0 bridgehead atoms. The number of nitriles is 1. The smallest absolute Gasteiger partial charge is 0.0698 e. The lowest BCUT2D eigenvalue weighted by Gasteiger charge is -2.37. The van der Waals surface area contributed by atoms with E-state index in [2.05, 4.69) is 32.9 Å². The molecule has 76 valence electrons. The van der Waals surface area contributed by atoms with Crippen LogP contribution in [0, 0.1) is 28.6 Å². The van der Waals surface area contributed by atoms with Gasteiger partial charge in [-0.25, -0.2) is 0 Å². The minimum absolute atomic E-state index is 0.158. The van der Waals surface area contributed by atoms with E-state index in [0.29, 0.717) is 11.3 Å². The fraction of sp³-hybridized carbons (Fsp3) is 0.750. The SMILES string of the molecule is CC1CC2(C)C(=CC(C#N)CC2C)S1. The van der Waals surface area contributed by atoms with Crippen molar-refractivity contribution in [3.63, 3.8) is 0 Å². The van der Waals surface area contributed by atoms with Crippen molar-refractivity contribution >= 4 is 11.8 Å². The molecule has 0 amide bonds. The topological polar surface area (TPSA) is 23.8 Å². The van der Waals surface area contributed by atoms with Gasteiger partial charge in [0, 0.05) is 10.7 Å². The highest BCUT2D eigenvalue weighted by Gasteiger charge is 2.45. The van der Waals surface area contributed by atoms with Crippen molar-refractivity contribution < 1.29 is 0 Å². The minimum Gasteiger partial charge on any atom is -0.198 e. The number of hydrogen-bond donors (Lipinski definition) is 0. The zero-order valence-corrected chi connectivity index (χ0v) is 9.90. The van der Waals surface area contributed by atoms with Crippen LogP contribution in [0.5, 0.6) is 0 Å². The van der Waals surface area contributed by atoms with E-state index in [-0.39, 0.29) is 5.92 Å². The number of allylic oxidation sites excluding steroid dienone is 2. The van der Waals surface area contributed by atoms with Gasteiger partial charge in [0.25, 0.3) is 0 Å². The lowest BCUT2D eigenvalue weighted by Crippen LogP contribution is -2.29. The van der Waals surface area contributed by atoms with E-state index in [1.165, 1.54) is 11.3 Å². The first kappa shape index (κ1) is 10.1. The first-order valence-electron chi connectivity index (χ1n) is 5.35. The van der Waals surface area contributed by atoms with Crippen molar-refractivity contribution in [3.8, 4) is 6.07 Å². The molecule has 1 aliphatic carbocycles. The summed E-state index contributed by atoms with van der Waals surface area (Å²) in [6.45, 7) is 6.96. The van der Waals surface area contributed by atoms with E-state index < -0.39 is 0 Å². The quantitative estimate of drug-likeness (QED) is 0.606. The van der Waals surface area contributed by atoms with E-state index in [1.807, 2.05) is 11.8 Å². The molecule has 0 aromatic rings. The average molecular weight is 207 g/mol. The molecule has 0 aromatic carbocycles.